The molecule has 0 aliphatic heterocycles. The molecule has 0 saturated carbocycles. The van der Waals surface area contributed by atoms with Crippen molar-refractivity contribution in [2.24, 2.45) is 0 Å². The molecule has 66 heavy (non-hydrogen) atoms. The number of rotatable bonds is 53. The van der Waals surface area contributed by atoms with Crippen molar-refractivity contribution in [2.75, 3.05) is 13.2 Å². The summed E-state index contributed by atoms with van der Waals surface area (Å²) >= 11 is 0. The lowest BCUT2D eigenvalue weighted by atomic mass is 10.0. The van der Waals surface area contributed by atoms with Crippen LogP contribution < -0.4 is 0 Å². The smallest absolute Gasteiger partial charge is 0.306 e. The van der Waals surface area contributed by atoms with Gasteiger partial charge >= 0.3 is 17.9 Å². The van der Waals surface area contributed by atoms with E-state index >= 15 is 0 Å². The maximum absolute atomic E-state index is 12.8. The Morgan fingerprint density at radius 1 is 0.303 bits per heavy atom. The first-order valence-electron chi connectivity index (χ1n) is 29.0. The van der Waals surface area contributed by atoms with Crippen LogP contribution in [0.15, 0.2) is 36.5 Å². The number of hydrogen-bond donors (Lipinski definition) is 0. The maximum atomic E-state index is 12.8. The Kier molecular flexibility index (Phi) is 53.2. The van der Waals surface area contributed by atoms with Crippen molar-refractivity contribution in [2.45, 2.75) is 316 Å². The van der Waals surface area contributed by atoms with Gasteiger partial charge < -0.3 is 14.2 Å². The molecule has 0 aromatic carbocycles. The maximum Gasteiger partial charge on any atom is 0.306 e. The second-order valence-corrected chi connectivity index (χ2v) is 19.6. The van der Waals surface area contributed by atoms with Crippen molar-refractivity contribution in [1.82, 2.24) is 0 Å². The summed E-state index contributed by atoms with van der Waals surface area (Å²) in [5, 5.41) is 0. The van der Waals surface area contributed by atoms with Gasteiger partial charge in [-0.25, -0.2) is 0 Å². The SMILES string of the molecule is CCCCCC/C=C\CCCCCCCC(=O)OCC(COC(=O)CCCCCCCCCCC/C=C\C/C=C\CCCCCCC)OC(=O)CCCCCCCCCCCCCCCC. The molecule has 0 bridgehead atoms. The molecule has 0 aromatic heterocycles. The van der Waals surface area contributed by atoms with Crippen LogP contribution in [0.2, 0.25) is 0 Å². The van der Waals surface area contributed by atoms with Crippen LogP contribution in [-0.2, 0) is 28.6 Å². The van der Waals surface area contributed by atoms with Gasteiger partial charge in [0.15, 0.2) is 6.10 Å². The molecule has 0 fully saturated rings. The van der Waals surface area contributed by atoms with Crippen molar-refractivity contribution in [1.29, 1.82) is 0 Å². The molecule has 6 heteroatoms. The molecule has 6 nitrogen and oxygen atoms in total. The summed E-state index contributed by atoms with van der Waals surface area (Å²) in [4.78, 5) is 38.1. The zero-order valence-corrected chi connectivity index (χ0v) is 44.2. The van der Waals surface area contributed by atoms with Crippen LogP contribution >= 0.6 is 0 Å². The Labute approximate surface area is 410 Å². The number of hydrogen-bond acceptors (Lipinski definition) is 6. The number of allylic oxidation sites excluding steroid dienone is 6. The highest BCUT2D eigenvalue weighted by Crippen LogP contribution is 2.16. The molecule has 0 spiro atoms. The molecule has 0 N–H and O–H groups in total. The van der Waals surface area contributed by atoms with Crippen molar-refractivity contribution < 1.29 is 28.6 Å². The van der Waals surface area contributed by atoms with Gasteiger partial charge in [-0.1, -0.05) is 250 Å². The van der Waals surface area contributed by atoms with Crippen molar-refractivity contribution in [3.05, 3.63) is 36.5 Å². The molecule has 0 aliphatic carbocycles. The van der Waals surface area contributed by atoms with Crippen LogP contribution in [0.25, 0.3) is 0 Å². The second-order valence-electron chi connectivity index (χ2n) is 19.6. The highest BCUT2D eigenvalue weighted by Gasteiger charge is 2.19. The standard InChI is InChI=1S/C60H110O6/c1-4-7-10-13-16-19-22-25-27-28-29-30-31-32-33-36-38-41-44-47-50-53-59(62)65-56-57(55-64-58(61)52-49-46-43-40-37-34-24-21-18-15-12-9-6-3)66-60(63)54-51-48-45-42-39-35-26-23-20-17-14-11-8-5-2/h21-22,24-25,28-29,57H,4-20,23,26-27,30-56H2,1-3H3/b24-21-,25-22-,29-28-. The van der Waals surface area contributed by atoms with Gasteiger partial charge in [-0.2, -0.15) is 0 Å². The number of unbranched alkanes of at least 4 members (excludes halogenated alkanes) is 36. The molecular weight excluding hydrogens is 817 g/mol. The Morgan fingerprint density at radius 3 is 0.864 bits per heavy atom. The lowest BCUT2D eigenvalue weighted by molar-refractivity contribution is -0.167. The summed E-state index contributed by atoms with van der Waals surface area (Å²) in [7, 11) is 0. The number of carbonyl (C=O) groups excluding carboxylic acids is 3. The lowest BCUT2D eigenvalue weighted by Crippen LogP contribution is -2.30. The second kappa shape index (κ2) is 55.2. The monoisotopic (exact) mass is 927 g/mol. The number of esters is 3. The summed E-state index contributed by atoms with van der Waals surface area (Å²) < 4.78 is 16.9. The predicted octanol–water partition coefficient (Wildman–Crippen LogP) is 19.3. The van der Waals surface area contributed by atoms with Crippen LogP contribution in [0.5, 0.6) is 0 Å². The van der Waals surface area contributed by atoms with Crippen LogP contribution in [0.3, 0.4) is 0 Å². The average molecular weight is 928 g/mol. The molecule has 386 valence electrons. The van der Waals surface area contributed by atoms with Crippen molar-refractivity contribution >= 4 is 17.9 Å². The topological polar surface area (TPSA) is 78.9 Å². The zero-order chi connectivity index (χ0) is 47.9. The van der Waals surface area contributed by atoms with E-state index in [0.717, 1.165) is 70.6 Å². The summed E-state index contributed by atoms with van der Waals surface area (Å²) in [5.41, 5.74) is 0. The first kappa shape index (κ1) is 63.6. The van der Waals surface area contributed by atoms with E-state index < -0.39 is 6.10 Å². The van der Waals surface area contributed by atoms with Crippen LogP contribution in [-0.4, -0.2) is 37.2 Å². The predicted molar refractivity (Wildman–Crippen MR) is 284 cm³/mol. The Balaban J connectivity index is 4.31. The number of carbonyl (C=O) groups is 3. The minimum Gasteiger partial charge on any atom is -0.462 e. The zero-order valence-electron chi connectivity index (χ0n) is 44.2. The summed E-state index contributed by atoms with van der Waals surface area (Å²) in [6, 6.07) is 0. The van der Waals surface area contributed by atoms with Crippen molar-refractivity contribution in [3.63, 3.8) is 0 Å². The third-order valence-corrected chi connectivity index (χ3v) is 12.9. The van der Waals surface area contributed by atoms with E-state index in [1.807, 2.05) is 0 Å². The fourth-order valence-corrected chi connectivity index (χ4v) is 8.47. The van der Waals surface area contributed by atoms with Gasteiger partial charge in [-0.05, 0) is 77.0 Å². The lowest BCUT2D eigenvalue weighted by Gasteiger charge is -2.18. The largest absolute Gasteiger partial charge is 0.462 e. The molecule has 0 radical (unpaired) electrons. The molecule has 0 aliphatic rings. The summed E-state index contributed by atoms with van der Waals surface area (Å²) in [6.07, 6.45) is 65.6. The normalized spacial score (nSPS) is 12.2. The van der Waals surface area contributed by atoms with Gasteiger partial charge in [-0.15, -0.1) is 0 Å². The van der Waals surface area contributed by atoms with Gasteiger partial charge in [0.2, 0.25) is 0 Å². The fourth-order valence-electron chi connectivity index (χ4n) is 8.47. The molecule has 1 atom stereocenters. The molecule has 0 saturated heterocycles. The molecule has 1 unspecified atom stereocenters. The van der Waals surface area contributed by atoms with Gasteiger partial charge in [0.1, 0.15) is 13.2 Å². The van der Waals surface area contributed by atoms with E-state index in [1.54, 1.807) is 0 Å². The van der Waals surface area contributed by atoms with Gasteiger partial charge in [0, 0.05) is 19.3 Å². The van der Waals surface area contributed by atoms with Gasteiger partial charge in [-0.3, -0.25) is 14.4 Å². The van der Waals surface area contributed by atoms with Gasteiger partial charge in [0.25, 0.3) is 0 Å². The minimum absolute atomic E-state index is 0.0735. The number of ether oxygens (including phenoxy) is 3. The van der Waals surface area contributed by atoms with E-state index in [9.17, 15) is 14.4 Å². The van der Waals surface area contributed by atoms with Gasteiger partial charge in [0.05, 0.1) is 0 Å². The molecule has 0 rings (SSSR count). The third-order valence-electron chi connectivity index (χ3n) is 12.9. The Hall–Kier alpha value is -2.37. The van der Waals surface area contributed by atoms with Crippen LogP contribution in [0, 0.1) is 0 Å². The van der Waals surface area contributed by atoms with E-state index in [4.69, 9.17) is 14.2 Å². The Bertz CT molecular complexity index is 1110. The first-order chi connectivity index (χ1) is 32.5. The van der Waals surface area contributed by atoms with E-state index in [2.05, 4.69) is 57.2 Å². The van der Waals surface area contributed by atoms with E-state index in [-0.39, 0.29) is 31.1 Å². The summed E-state index contributed by atoms with van der Waals surface area (Å²) in [5.74, 6) is -0.870. The minimum atomic E-state index is -0.773. The van der Waals surface area contributed by atoms with Crippen LogP contribution in [0.1, 0.15) is 310 Å². The molecule has 0 aromatic rings. The highest BCUT2D eigenvalue weighted by molar-refractivity contribution is 5.71. The quantitative estimate of drug-likeness (QED) is 0.0262. The average Bonchev–Trinajstić information content (AvgIpc) is 3.31. The van der Waals surface area contributed by atoms with Crippen molar-refractivity contribution in [3.8, 4) is 0 Å². The third kappa shape index (κ3) is 52.6. The van der Waals surface area contributed by atoms with E-state index in [1.165, 1.54) is 199 Å². The highest BCUT2D eigenvalue weighted by atomic mass is 16.6. The summed E-state index contributed by atoms with van der Waals surface area (Å²) in [6.45, 7) is 6.64. The first-order valence-corrected chi connectivity index (χ1v) is 29.0. The fraction of sp³-hybridized carbons (Fsp3) is 0.850. The molecular formula is C60H110O6. The molecule has 0 heterocycles. The van der Waals surface area contributed by atoms with E-state index in [0.29, 0.717) is 19.3 Å². The van der Waals surface area contributed by atoms with Crippen LogP contribution in [0.4, 0.5) is 0 Å². The Morgan fingerprint density at radius 2 is 0.545 bits per heavy atom. The molecule has 0 amide bonds.